The summed E-state index contributed by atoms with van der Waals surface area (Å²) in [7, 11) is 1.82. The first kappa shape index (κ1) is 21.3. The quantitative estimate of drug-likeness (QED) is 0.500. The molecule has 1 aromatic heterocycles. The first-order valence-electron chi connectivity index (χ1n) is 8.80. The number of carbonyl (C=O) groups is 1. The van der Waals surface area contributed by atoms with Gasteiger partial charge in [-0.05, 0) is 43.2 Å². The molecule has 0 radical (unpaired) electrons. The van der Waals surface area contributed by atoms with Gasteiger partial charge in [-0.3, -0.25) is 4.79 Å². The van der Waals surface area contributed by atoms with Gasteiger partial charge in [0.05, 0.1) is 11.4 Å². The molecule has 1 amide bonds. The molecule has 0 spiro atoms. The van der Waals surface area contributed by atoms with E-state index < -0.39 is 5.82 Å². The molecule has 1 N–H and O–H groups in total. The largest absolute Gasteiger partial charge is 0.485 e. The van der Waals surface area contributed by atoms with Crippen molar-refractivity contribution in [3.05, 3.63) is 63.6 Å². The van der Waals surface area contributed by atoms with Gasteiger partial charge in [0.15, 0.2) is 11.0 Å². The molecule has 152 valence electrons. The first-order chi connectivity index (χ1) is 13.8. The highest BCUT2D eigenvalue weighted by molar-refractivity contribution is 9.10. The molecule has 2 aromatic carbocycles. The number of carbonyl (C=O) groups excluding carboxylic acids is 1. The van der Waals surface area contributed by atoms with Crippen LogP contribution in [0.15, 0.2) is 46.0 Å². The molecule has 1 heterocycles. The van der Waals surface area contributed by atoms with Gasteiger partial charge in [0.2, 0.25) is 5.91 Å². The van der Waals surface area contributed by atoms with Crippen molar-refractivity contribution in [2.45, 2.75) is 25.6 Å². The zero-order valence-corrected chi connectivity index (χ0v) is 18.6. The number of aromatic nitrogens is 3. The smallest absolute Gasteiger partial charge is 0.234 e. The summed E-state index contributed by atoms with van der Waals surface area (Å²) in [6.45, 7) is 4.26. The number of amides is 1. The van der Waals surface area contributed by atoms with Crippen LogP contribution in [0.2, 0.25) is 0 Å². The molecule has 0 unspecified atom stereocenters. The molecule has 3 aromatic rings. The Morgan fingerprint density at radius 3 is 2.66 bits per heavy atom. The Balaban J connectivity index is 1.57. The van der Waals surface area contributed by atoms with Crippen molar-refractivity contribution < 1.29 is 13.9 Å². The van der Waals surface area contributed by atoms with Gasteiger partial charge in [-0.15, -0.1) is 10.2 Å². The van der Waals surface area contributed by atoms with E-state index in [0.29, 0.717) is 15.5 Å². The van der Waals surface area contributed by atoms with Crippen LogP contribution in [0.25, 0.3) is 0 Å². The van der Waals surface area contributed by atoms with E-state index in [1.165, 1.54) is 23.9 Å². The van der Waals surface area contributed by atoms with Gasteiger partial charge in [-0.2, -0.15) is 0 Å². The number of nitrogens with one attached hydrogen (secondary N) is 1. The predicted octanol–water partition coefficient (Wildman–Crippen LogP) is 4.64. The molecule has 0 aliphatic rings. The monoisotopic (exact) mass is 478 g/mol. The highest BCUT2D eigenvalue weighted by Gasteiger charge is 2.14. The van der Waals surface area contributed by atoms with E-state index in [-0.39, 0.29) is 24.0 Å². The molecule has 0 aliphatic heterocycles. The van der Waals surface area contributed by atoms with Crippen LogP contribution in [0.5, 0.6) is 5.75 Å². The lowest BCUT2D eigenvalue weighted by atomic mass is 10.1. The lowest BCUT2D eigenvalue weighted by molar-refractivity contribution is -0.113. The van der Waals surface area contributed by atoms with Crippen LogP contribution in [-0.2, 0) is 18.4 Å². The van der Waals surface area contributed by atoms with Gasteiger partial charge in [0.1, 0.15) is 18.2 Å². The van der Waals surface area contributed by atoms with E-state index >= 15 is 0 Å². The fourth-order valence-corrected chi connectivity index (χ4v) is 3.73. The van der Waals surface area contributed by atoms with Crippen LogP contribution in [0, 0.1) is 19.7 Å². The summed E-state index contributed by atoms with van der Waals surface area (Å²) in [5.74, 6) is 0.740. The van der Waals surface area contributed by atoms with Crippen molar-refractivity contribution in [1.82, 2.24) is 14.8 Å². The second kappa shape index (κ2) is 9.41. The second-order valence-electron chi connectivity index (χ2n) is 6.43. The third kappa shape index (κ3) is 5.36. The Bertz CT molecular complexity index is 1020. The molecule has 6 nitrogen and oxygen atoms in total. The molecular formula is C20H20BrFN4O2S. The fraction of sp³-hybridized carbons (Fsp3) is 0.250. The molecule has 9 heteroatoms. The number of thioether (sulfide) groups is 1. The number of anilines is 1. The number of aryl methyl sites for hydroxylation is 2. The Labute approximate surface area is 181 Å². The zero-order valence-electron chi connectivity index (χ0n) is 16.2. The Kier molecular flexibility index (Phi) is 6.92. The summed E-state index contributed by atoms with van der Waals surface area (Å²) in [5, 5.41) is 11.4. The summed E-state index contributed by atoms with van der Waals surface area (Å²) in [5.41, 5.74) is 2.25. The van der Waals surface area contributed by atoms with Crippen LogP contribution in [0.4, 0.5) is 10.1 Å². The maximum Gasteiger partial charge on any atom is 0.234 e. The normalized spacial score (nSPS) is 10.8. The van der Waals surface area contributed by atoms with E-state index in [9.17, 15) is 9.18 Å². The topological polar surface area (TPSA) is 69.0 Å². The maximum atomic E-state index is 13.8. The minimum Gasteiger partial charge on any atom is -0.485 e. The molecule has 0 atom stereocenters. The highest BCUT2D eigenvalue weighted by atomic mass is 79.9. The third-order valence-electron chi connectivity index (χ3n) is 4.22. The van der Waals surface area contributed by atoms with Crippen molar-refractivity contribution >= 4 is 39.3 Å². The summed E-state index contributed by atoms with van der Waals surface area (Å²) in [6.07, 6.45) is 0. The number of nitrogens with zero attached hydrogens (tertiary/aromatic N) is 3. The second-order valence-corrected chi connectivity index (χ2v) is 8.29. The Hall–Kier alpha value is -2.39. The molecule has 0 aliphatic carbocycles. The lowest BCUT2D eigenvalue weighted by Crippen LogP contribution is -2.15. The number of ether oxygens (including phenoxy) is 1. The molecular weight excluding hydrogens is 459 g/mol. The van der Waals surface area contributed by atoms with Crippen LogP contribution in [-0.4, -0.2) is 26.4 Å². The number of rotatable bonds is 7. The van der Waals surface area contributed by atoms with Crippen LogP contribution in [0.3, 0.4) is 0 Å². The van der Waals surface area contributed by atoms with Crippen LogP contribution in [0.1, 0.15) is 17.0 Å². The summed E-state index contributed by atoms with van der Waals surface area (Å²) >= 11 is 4.41. The number of hydrogen-bond acceptors (Lipinski definition) is 5. The molecule has 3 rings (SSSR count). The standard InChI is InChI=1S/C20H20BrFN4O2S/c1-12-5-4-6-13(2)19(12)28-10-17-24-25-20(26(17)3)29-11-18(27)23-16-8-7-14(21)9-15(16)22/h4-9H,10-11H2,1-3H3,(H,23,27). The summed E-state index contributed by atoms with van der Waals surface area (Å²) in [4.78, 5) is 12.1. The minimum atomic E-state index is -0.498. The molecule has 0 saturated heterocycles. The minimum absolute atomic E-state index is 0.0826. The lowest BCUT2D eigenvalue weighted by Gasteiger charge is -2.11. The van der Waals surface area contributed by atoms with Crippen molar-refractivity contribution in [2.24, 2.45) is 7.05 Å². The van der Waals surface area contributed by atoms with Gasteiger partial charge in [-0.25, -0.2) is 4.39 Å². The highest BCUT2D eigenvalue weighted by Crippen LogP contribution is 2.24. The average molecular weight is 479 g/mol. The maximum absolute atomic E-state index is 13.8. The number of halogens is 2. The van der Waals surface area contributed by atoms with Gasteiger partial charge in [0.25, 0.3) is 0 Å². The Morgan fingerprint density at radius 2 is 1.97 bits per heavy atom. The summed E-state index contributed by atoms with van der Waals surface area (Å²) in [6, 6.07) is 10.4. The van der Waals surface area contributed by atoms with Gasteiger partial charge < -0.3 is 14.6 Å². The zero-order chi connectivity index (χ0) is 21.0. The van der Waals surface area contributed by atoms with E-state index in [0.717, 1.165) is 16.9 Å². The van der Waals surface area contributed by atoms with E-state index in [2.05, 4.69) is 31.4 Å². The van der Waals surface area contributed by atoms with Crippen molar-refractivity contribution in [3.63, 3.8) is 0 Å². The van der Waals surface area contributed by atoms with E-state index in [4.69, 9.17) is 4.74 Å². The van der Waals surface area contributed by atoms with Crippen molar-refractivity contribution in [3.8, 4) is 5.75 Å². The van der Waals surface area contributed by atoms with Crippen LogP contribution >= 0.6 is 27.7 Å². The molecule has 29 heavy (non-hydrogen) atoms. The first-order valence-corrected chi connectivity index (χ1v) is 10.6. The molecule has 0 bridgehead atoms. The van der Waals surface area contributed by atoms with Crippen LogP contribution < -0.4 is 10.1 Å². The number of para-hydroxylation sites is 1. The average Bonchev–Trinajstić information content (AvgIpc) is 3.02. The molecule has 0 fully saturated rings. The third-order valence-corrected chi connectivity index (χ3v) is 5.73. The van der Waals surface area contributed by atoms with E-state index in [1.807, 2.05) is 39.1 Å². The fourth-order valence-electron chi connectivity index (χ4n) is 2.67. The molecule has 0 saturated carbocycles. The van der Waals surface area contributed by atoms with Gasteiger partial charge >= 0.3 is 0 Å². The SMILES string of the molecule is Cc1cccc(C)c1OCc1nnc(SCC(=O)Nc2ccc(Br)cc2F)n1C. The van der Waals surface area contributed by atoms with Gasteiger partial charge in [-0.1, -0.05) is 45.9 Å². The Morgan fingerprint density at radius 1 is 1.24 bits per heavy atom. The van der Waals surface area contributed by atoms with Crippen molar-refractivity contribution in [1.29, 1.82) is 0 Å². The summed E-state index contributed by atoms with van der Waals surface area (Å²) < 4.78 is 22.1. The van der Waals surface area contributed by atoms with Crippen molar-refractivity contribution in [2.75, 3.05) is 11.1 Å². The number of hydrogen-bond donors (Lipinski definition) is 1. The number of benzene rings is 2. The van der Waals surface area contributed by atoms with E-state index in [1.54, 1.807) is 10.6 Å². The predicted molar refractivity (Wildman–Crippen MR) is 115 cm³/mol. The van der Waals surface area contributed by atoms with Gasteiger partial charge in [0, 0.05) is 11.5 Å².